The summed E-state index contributed by atoms with van der Waals surface area (Å²) in [6, 6.07) is 1.92. The molecule has 0 spiro atoms. The summed E-state index contributed by atoms with van der Waals surface area (Å²) in [5, 5.41) is 25.2. The number of fused-ring (bicyclic) bond motifs is 1. The molecule has 0 bridgehead atoms. The number of carboxylic acid groups (broad SMARTS) is 1. The van der Waals surface area contributed by atoms with E-state index < -0.39 is 28.6 Å². The number of hydrogen-bond donors (Lipinski definition) is 2. The normalized spacial score (nSPS) is 19.1. The van der Waals surface area contributed by atoms with Crippen LogP contribution in [0.25, 0.3) is 0 Å². The number of thiophene rings is 1. The molecule has 0 saturated carbocycles. The summed E-state index contributed by atoms with van der Waals surface area (Å²) in [5.41, 5.74) is -0.912. The van der Waals surface area contributed by atoms with E-state index in [1.165, 1.54) is 20.9 Å². The number of aromatic nitrogens is 1. The second-order valence-electron chi connectivity index (χ2n) is 6.82. The van der Waals surface area contributed by atoms with Gasteiger partial charge in [0.25, 0.3) is 5.91 Å². The number of carbonyl (C=O) groups is 2. The monoisotopic (exact) mass is 405 g/mol. The number of carboxylic acids is 1. The molecule has 4 rings (SSSR count). The van der Waals surface area contributed by atoms with Gasteiger partial charge < -0.3 is 19.8 Å². The molecule has 9 nitrogen and oxygen atoms in total. The van der Waals surface area contributed by atoms with Crippen molar-refractivity contribution in [1.82, 2.24) is 9.58 Å². The van der Waals surface area contributed by atoms with Crippen LogP contribution in [0.2, 0.25) is 0 Å². The van der Waals surface area contributed by atoms with Gasteiger partial charge in [-0.3, -0.25) is 19.3 Å². The highest BCUT2D eigenvalue weighted by molar-refractivity contribution is 7.07. The van der Waals surface area contributed by atoms with E-state index in [-0.39, 0.29) is 18.5 Å². The fraction of sp³-hybridized carbons (Fsp3) is 0.389. The number of pyridine rings is 1. The fourth-order valence-electron chi connectivity index (χ4n) is 3.54. The van der Waals surface area contributed by atoms with Crippen LogP contribution in [-0.2, 0) is 11.3 Å². The molecule has 0 unspecified atom stereocenters. The van der Waals surface area contributed by atoms with Crippen molar-refractivity contribution in [1.29, 1.82) is 0 Å². The summed E-state index contributed by atoms with van der Waals surface area (Å²) in [6.45, 7) is 1.55. The zero-order valence-electron chi connectivity index (χ0n) is 14.9. The van der Waals surface area contributed by atoms with Gasteiger partial charge in [-0.1, -0.05) is 0 Å². The predicted molar refractivity (Wildman–Crippen MR) is 100 cm³/mol. The standard InChI is InChI=1S/C18H19N3O6S/c22-15-13(18(25)26)8-21-14(16(15)23)17(24)19(7-12-2-1-4-27-12)10-20(21)6-11-3-5-28-9-11/h3,5,8-9,12,23H,1-2,4,6-7,10H2,(H,25,26)/t12-/m1/s1. The third-order valence-electron chi connectivity index (χ3n) is 4.92. The Labute approximate surface area is 164 Å². The van der Waals surface area contributed by atoms with E-state index in [1.54, 1.807) is 5.01 Å². The number of nitrogens with zero attached hydrogens (tertiary/aromatic N) is 3. The summed E-state index contributed by atoms with van der Waals surface area (Å²) in [5.74, 6) is -2.83. The average Bonchev–Trinajstić information content (AvgIpc) is 3.35. The molecule has 10 heteroatoms. The van der Waals surface area contributed by atoms with Crippen LogP contribution in [0.4, 0.5) is 0 Å². The second kappa shape index (κ2) is 7.28. The van der Waals surface area contributed by atoms with Crippen LogP contribution < -0.4 is 10.4 Å². The Hall–Kier alpha value is -2.85. The van der Waals surface area contributed by atoms with Gasteiger partial charge in [0, 0.05) is 19.3 Å². The molecule has 28 heavy (non-hydrogen) atoms. The molecule has 2 aromatic rings. The first-order valence-electron chi connectivity index (χ1n) is 8.85. The van der Waals surface area contributed by atoms with Crippen LogP contribution in [0.3, 0.4) is 0 Å². The molecule has 4 heterocycles. The van der Waals surface area contributed by atoms with Crippen LogP contribution in [0.15, 0.2) is 27.8 Å². The predicted octanol–water partition coefficient (Wildman–Crippen LogP) is 1.04. The molecule has 1 amide bonds. The van der Waals surface area contributed by atoms with Gasteiger partial charge in [-0.25, -0.2) is 4.79 Å². The molecule has 2 N–H and O–H groups in total. The van der Waals surface area contributed by atoms with Gasteiger partial charge in [0.1, 0.15) is 12.2 Å². The Morgan fingerprint density at radius 3 is 2.82 bits per heavy atom. The third kappa shape index (κ3) is 3.25. The molecule has 2 aliphatic rings. The van der Waals surface area contributed by atoms with Crippen molar-refractivity contribution in [3.8, 4) is 5.75 Å². The number of hydrogen-bond acceptors (Lipinski definition) is 7. The lowest BCUT2D eigenvalue weighted by molar-refractivity contribution is 0.0454. The van der Waals surface area contributed by atoms with E-state index in [0.717, 1.165) is 24.6 Å². The Morgan fingerprint density at radius 1 is 1.36 bits per heavy atom. The molecule has 1 fully saturated rings. The van der Waals surface area contributed by atoms with Crippen LogP contribution >= 0.6 is 11.3 Å². The van der Waals surface area contributed by atoms with Crippen LogP contribution in [0.5, 0.6) is 5.75 Å². The summed E-state index contributed by atoms with van der Waals surface area (Å²) in [7, 11) is 0. The lowest BCUT2D eigenvalue weighted by Crippen LogP contribution is -2.55. The number of rotatable bonds is 5. The van der Waals surface area contributed by atoms with Crippen LogP contribution in [0.1, 0.15) is 39.3 Å². The maximum absolute atomic E-state index is 13.0. The molecule has 1 saturated heterocycles. The van der Waals surface area contributed by atoms with Crippen LogP contribution in [-0.4, -0.2) is 57.6 Å². The van der Waals surface area contributed by atoms with Crippen molar-refractivity contribution in [2.75, 3.05) is 24.8 Å². The first kappa shape index (κ1) is 18.5. The summed E-state index contributed by atoms with van der Waals surface area (Å²) < 4.78 is 6.90. The van der Waals surface area contributed by atoms with Gasteiger partial charge in [0.2, 0.25) is 5.43 Å². The number of carbonyl (C=O) groups excluding carboxylic acids is 1. The van der Waals surface area contributed by atoms with E-state index in [2.05, 4.69) is 0 Å². The minimum Gasteiger partial charge on any atom is -0.502 e. The lowest BCUT2D eigenvalue weighted by Gasteiger charge is -2.40. The van der Waals surface area contributed by atoms with Gasteiger partial charge >= 0.3 is 5.97 Å². The molecular weight excluding hydrogens is 386 g/mol. The number of aromatic hydroxyl groups is 1. The summed E-state index contributed by atoms with van der Waals surface area (Å²) in [4.78, 5) is 38.2. The number of amides is 1. The smallest absolute Gasteiger partial charge is 0.341 e. The Morgan fingerprint density at radius 2 is 2.18 bits per heavy atom. The third-order valence-corrected chi connectivity index (χ3v) is 5.65. The van der Waals surface area contributed by atoms with Crippen molar-refractivity contribution in [3.05, 3.63) is 50.1 Å². The van der Waals surface area contributed by atoms with Gasteiger partial charge in [-0.15, -0.1) is 0 Å². The van der Waals surface area contributed by atoms with Crippen molar-refractivity contribution in [2.45, 2.75) is 25.5 Å². The zero-order chi connectivity index (χ0) is 19.8. The van der Waals surface area contributed by atoms with E-state index >= 15 is 0 Å². The molecule has 148 valence electrons. The average molecular weight is 405 g/mol. The Kier molecular flexibility index (Phi) is 4.82. The van der Waals surface area contributed by atoms with E-state index in [9.17, 15) is 24.6 Å². The minimum atomic E-state index is -1.46. The zero-order valence-corrected chi connectivity index (χ0v) is 15.7. The van der Waals surface area contributed by atoms with Crippen molar-refractivity contribution >= 4 is 23.2 Å². The SMILES string of the molecule is O=C(O)c1cn2c(c(O)c1=O)C(=O)N(C[C@H]1CCCO1)CN2Cc1ccsc1. The highest BCUT2D eigenvalue weighted by Crippen LogP contribution is 2.24. The fourth-order valence-corrected chi connectivity index (χ4v) is 4.20. The number of ether oxygens (including phenoxy) is 1. The maximum Gasteiger partial charge on any atom is 0.341 e. The van der Waals surface area contributed by atoms with Crippen molar-refractivity contribution < 1.29 is 24.5 Å². The largest absolute Gasteiger partial charge is 0.502 e. The summed E-state index contributed by atoms with van der Waals surface area (Å²) >= 11 is 1.52. The highest BCUT2D eigenvalue weighted by atomic mass is 32.1. The number of aromatic carboxylic acids is 1. The molecule has 0 radical (unpaired) electrons. The second-order valence-corrected chi connectivity index (χ2v) is 7.60. The van der Waals surface area contributed by atoms with E-state index in [1.807, 2.05) is 16.8 Å². The Bertz CT molecular complexity index is 964. The van der Waals surface area contributed by atoms with E-state index in [4.69, 9.17) is 4.74 Å². The van der Waals surface area contributed by atoms with Gasteiger partial charge in [-0.2, -0.15) is 11.3 Å². The van der Waals surface area contributed by atoms with Crippen molar-refractivity contribution in [3.63, 3.8) is 0 Å². The van der Waals surface area contributed by atoms with Gasteiger partial charge in [0.15, 0.2) is 11.4 Å². The molecule has 2 aromatic heterocycles. The maximum atomic E-state index is 13.0. The van der Waals surface area contributed by atoms with Crippen LogP contribution in [0, 0.1) is 0 Å². The first-order chi connectivity index (χ1) is 13.5. The van der Waals surface area contributed by atoms with Crippen molar-refractivity contribution in [2.24, 2.45) is 0 Å². The summed E-state index contributed by atoms with van der Waals surface area (Å²) in [6.07, 6.45) is 2.78. The molecule has 2 aliphatic heterocycles. The first-order valence-corrected chi connectivity index (χ1v) is 9.79. The quantitative estimate of drug-likeness (QED) is 0.764. The Balaban J connectivity index is 1.77. The van der Waals surface area contributed by atoms with Gasteiger partial charge in [0.05, 0.1) is 12.6 Å². The van der Waals surface area contributed by atoms with Gasteiger partial charge in [-0.05, 0) is 35.2 Å². The topological polar surface area (TPSA) is 112 Å². The molecule has 1 atom stereocenters. The molecule has 0 aromatic carbocycles. The lowest BCUT2D eigenvalue weighted by atomic mass is 10.1. The minimum absolute atomic E-state index is 0.0920. The molecular formula is C18H19N3O6S. The van der Waals surface area contributed by atoms with E-state index in [0.29, 0.717) is 19.7 Å². The highest BCUT2D eigenvalue weighted by Gasteiger charge is 2.36. The molecule has 0 aliphatic carbocycles.